The number of rotatable bonds is 5. The average Bonchev–Trinajstić information content (AvgIpc) is 2.98. The van der Waals surface area contributed by atoms with Gasteiger partial charge in [-0.1, -0.05) is 53.9 Å². The van der Waals surface area contributed by atoms with Crippen LogP contribution in [-0.4, -0.2) is 18.2 Å². The van der Waals surface area contributed by atoms with Crippen LogP contribution in [0.3, 0.4) is 0 Å². The Morgan fingerprint density at radius 1 is 1.12 bits per heavy atom. The van der Waals surface area contributed by atoms with E-state index in [2.05, 4.69) is 15.7 Å². The Kier molecular flexibility index (Phi) is 4.59. The third-order valence-electron chi connectivity index (χ3n) is 3.66. The minimum absolute atomic E-state index is 0.177. The summed E-state index contributed by atoms with van der Waals surface area (Å²) in [6.45, 7) is 2.25. The van der Waals surface area contributed by atoms with Crippen molar-refractivity contribution in [3.8, 4) is 23.5 Å². The molecule has 1 heterocycles. The highest BCUT2D eigenvalue weighted by atomic mass is 32.2. The van der Waals surface area contributed by atoms with Gasteiger partial charge in [0, 0.05) is 11.8 Å². The summed E-state index contributed by atoms with van der Waals surface area (Å²) >= 11 is 0. The molecule has 0 atom stereocenters. The number of aryl methyl sites for hydroxylation is 1. The van der Waals surface area contributed by atoms with Crippen LogP contribution in [0.2, 0.25) is 0 Å². The third-order valence-corrected chi connectivity index (χ3v) is 5.02. The molecule has 0 fully saturated rings. The number of hydrogen-bond acceptors (Lipinski definition) is 3. The zero-order chi connectivity index (χ0) is 17.9. The molecule has 0 unspecified atom stereocenters. The van der Waals surface area contributed by atoms with Crippen molar-refractivity contribution >= 4 is 15.8 Å². The summed E-state index contributed by atoms with van der Waals surface area (Å²) in [7, 11) is -3.73. The highest BCUT2D eigenvalue weighted by Gasteiger charge is 2.19. The van der Waals surface area contributed by atoms with Gasteiger partial charge in [0.05, 0.1) is 4.90 Å². The fourth-order valence-corrected chi connectivity index (χ4v) is 3.44. The van der Waals surface area contributed by atoms with Gasteiger partial charge in [-0.2, -0.15) is 5.10 Å². The van der Waals surface area contributed by atoms with Crippen LogP contribution in [-0.2, 0) is 16.6 Å². The van der Waals surface area contributed by atoms with Crippen molar-refractivity contribution in [1.29, 1.82) is 0 Å². The SMILES string of the molecule is C#CCn1cc(-c2ccc(C)cc2)c(NS(=O)(=O)c2ccccc2)n1. The molecular weight excluding hydrogens is 334 g/mol. The van der Waals surface area contributed by atoms with Gasteiger partial charge < -0.3 is 0 Å². The Bertz CT molecular complexity index is 1010. The summed E-state index contributed by atoms with van der Waals surface area (Å²) in [5, 5.41) is 4.29. The lowest BCUT2D eigenvalue weighted by Gasteiger charge is -2.08. The van der Waals surface area contributed by atoms with Crippen LogP contribution in [0, 0.1) is 19.3 Å². The van der Waals surface area contributed by atoms with Gasteiger partial charge in [0.2, 0.25) is 0 Å². The molecule has 0 saturated heterocycles. The molecule has 6 heteroatoms. The fourth-order valence-electron chi connectivity index (χ4n) is 2.40. The maximum atomic E-state index is 12.6. The summed E-state index contributed by atoms with van der Waals surface area (Å²) in [5.74, 6) is 2.76. The second kappa shape index (κ2) is 6.83. The normalized spacial score (nSPS) is 11.0. The van der Waals surface area contributed by atoms with Gasteiger partial charge in [-0.15, -0.1) is 6.42 Å². The minimum Gasteiger partial charge on any atom is -0.261 e. The number of aromatic nitrogens is 2. The Labute approximate surface area is 147 Å². The number of terminal acetylenes is 1. The molecule has 0 aliphatic rings. The molecule has 2 aromatic carbocycles. The van der Waals surface area contributed by atoms with E-state index in [1.54, 1.807) is 24.4 Å². The van der Waals surface area contributed by atoms with Crippen molar-refractivity contribution in [3.63, 3.8) is 0 Å². The van der Waals surface area contributed by atoms with Gasteiger partial charge in [-0.3, -0.25) is 9.40 Å². The van der Waals surface area contributed by atoms with Gasteiger partial charge in [0.15, 0.2) is 5.82 Å². The average molecular weight is 351 g/mol. The fraction of sp³-hybridized carbons (Fsp3) is 0.105. The van der Waals surface area contributed by atoms with Crippen LogP contribution in [0.15, 0.2) is 65.7 Å². The first-order chi connectivity index (χ1) is 12.0. The molecule has 0 aliphatic heterocycles. The van der Waals surface area contributed by atoms with Crippen molar-refractivity contribution in [2.75, 3.05) is 4.72 Å². The van der Waals surface area contributed by atoms with E-state index in [0.717, 1.165) is 11.1 Å². The lowest BCUT2D eigenvalue weighted by atomic mass is 10.1. The molecule has 0 radical (unpaired) electrons. The minimum atomic E-state index is -3.73. The van der Waals surface area contributed by atoms with Gasteiger partial charge in [-0.25, -0.2) is 8.42 Å². The van der Waals surface area contributed by atoms with E-state index in [0.29, 0.717) is 5.56 Å². The van der Waals surface area contributed by atoms with E-state index in [-0.39, 0.29) is 17.3 Å². The molecule has 1 N–H and O–H groups in total. The number of anilines is 1. The zero-order valence-corrected chi connectivity index (χ0v) is 14.5. The summed E-state index contributed by atoms with van der Waals surface area (Å²) < 4.78 is 29.3. The summed E-state index contributed by atoms with van der Waals surface area (Å²) in [4.78, 5) is 0.177. The van der Waals surface area contributed by atoms with Crippen molar-refractivity contribution in [2.24, 2.45) is 0 Å². The van der Waals surface area contributed by atoms with Crippen molar-refractivity contribution in [1.82, 2.24) is 9.78 Å². The monoisotopic (exact) mass is 351 g/mol. The first kappa shape index (κ1) is 16.8. The van der Waals surface area contributed by atoms with Crippen LogP contribution in [0.25, 0.3) is 11.1 Å². The van der Waals surface area contributed by atoms with Crippen LogP contribution in [0.5, 0.6) is 0 Å². The Balaban J connectivity index is 2.03. The van der Waals surface area contributed by atoms with E-state index in [4.69, 9.17) is 6.42 Å². The first-order valence-electron chi connectivity index (χ1n) is 7.65. The van der Waals surface area contributed by atoms with Crippen molar-refractivity contribution in [3.05, 3.63) is 66.4 Å². The molecule has 0 saturated carbocycles. The second-order valence-electron chi connectivity index (χ2n) is 5.58. The first-order valence-corrected chi connectivity index (χ1v) is 9.14. The zero-order valence-electron chi connectivity index (χ0n) is 13.7. The summed E-state index contributed by atoms with van der Waals surface area (Å²) in [6.07, 6.45) is 7.09. The maximum Gasteiger partial charge on any atom is 0.263 e. The third kappa shape index (κ3) is 3.73. The molecule has 3 aromatic rings. The molecular formula is C19H17N3O2S. The summed E-state index contributed by atoms with van der Waals surface area (Å²) in [6, 6.07) is 15.9. The number of hydrogen-bond donors (Lipinski definition) is 1. The van der Waals surface area contributed by atoms with E-state index in [1.807, 2.05) is 31.2 Å². The highest BCUT2D eigenvalue weighted by molar-refractivity contribution is 7.92. The molecule has 0 bridgehead atoms. The van der Waals surface area contributed by atoms with Gasteiger partial charge in [0.25, 0.3) is 10.0 Å². The number of nitrogens with zero attached hydrogens (tertiary/aromatic N) is 2. The topological polar surface area (TPSA) is 64.0 Å². The van der Waals surface area contributed by atoms with Crippen molar-refractivity contribution < 1.29 is 8.42 Å². The van der Waals surface area contributed by atoms with Crippen LogP contribution >= 0.6 is 0 Å². The molecule has 25 heavy (non-hydrogen) atoms. The number of nitrogens with one attached hydrogen (secondary N) is 1. The maximum absolute atomic E-state index is 12.6. The lowest BCUT2D eigenvalue weighted by molar-refractivity contribution is 0.600. The predicted octanol–water partition coefficient (Wildman–Crippen LogP) is 3.29. The summed E-state index contributed by atoms with van der Waals surface area (Å²) in [5.41, 5.74) is 2.65. The van der Waals surface area contributed by atoms with E-state index < -0.39 is 10.0 Å². The molecule has 0 amide bonds. The predicted molar refractivity (Wildman–Crippen MR) is 98.5 cm³/mol. The molecule has 3 rings (SSSR count). The second-order valence-corrected chi connectivity index (χ2v) is 7.26. The quantitative estimate of drug-likeness (QED) is 0.718. The molecule has 5 nitrogen and oxygen atoms in total. The number of benzene rings is 2. The standard InChI is InChI=1S/C19H17N3O2S/c1-3-13-22-14-18(16-11-9-15(2)10-12-16)19(20-22)21-25(23,24)17-7-5-4-6-8-17/h1,4-12,14H,13H2,2H3,(H,20,21). The van der Waals surface area contributed by atoms with Crippen LogP contribution in [0.1, 0.15) is 5.56 Å². The van der Waals surface area contributed by atoms with Gasteiger partial charge >= 0.3 is 0 Å². The Morgan fingerprint density at radius 2 is 1.80 bits per heavy atom. The van der Waals surface area contributed by atoms with Crippen LogP contribution < -0.4 is 4.72 Å². The van der Waals surface area contributed by atoms with E-state index >= 15 is 0 Å². The van der Waals surface area contributed by atoms with Crippen molar-refractivity contribution in [2.45, 2.75) is 18.4 Å². The molecule has 126 valence electrons. The van der Waals surface area contributed by atoms with Crippen LogP contribution in [0.4, 0.5) is 5.82 Å². The smallest absolute Gasteiger partial charge is 0.261 e. The van der Waals surface area contributed by atoms with E-state index in [1.165, 1.54) is 16.8 Å². The Morgan fingerprint density at radius 3 is 2.44 bits per heavy atom. The molecule has 0 spiro atoms. The van der Waals surface area contributed by atoms with Gasteiger partial charge in [-0.05, 0) is 24.6 Å². The lowest BCUT2D eigenvalue weighted by Crippen LogP contribution is -2.14. The Hall–Kier alpha value is -3.04. The highest BCUT2D eigenvalue weighted by Crippen LogP contribution is 2.29. The van der Waals surface area contributed by atoms with E-state index in [9.17, 15) is 8.42 Å². The van der Waals surface area contributed by atoms with Gasteiger partial charge in [0.1, 0.15) is 6.54 Å². The number of sulfonamides is 1. The largest absolute Gasteiger partial charge is 0.263 e. The molecule has 1 aromatic heterocycles. The molecule has 0 aliphatic carbocycles.